The first-order chi connectivity index (χ1) is 8.67. The van der Waals surface area contributed by atoms with Gasteiger partial charge in [-0.3, -0.25) is 4.79 Å². The summed E-state index contributed by atoms with van der Waals surface area (Å²) in [5.74, 6) is 1.12. The number of carbonyl (C=O) groups excluding carboxylic acids is 1. The molecule has 0 radical (unpaired) electrons. The minimum absolute atomic E-state index is 0.0566. The van der Waals surface area contributed by atoms with Crippen LogP contribution in [0.15, 0.2) is 18.2 Å². The highest BCUT2D eigenvalue weighted by Crippen LogP contribution is 2.26. The second-order valence-corrected chi connectivity index (χ2v) is 3.78. The van der Waals surface area contributed by atoms with Gasteiger partial charge in [-0.15, -0.1) is 0 Å². The van der Waals surface area contributed by atoms with Crippen molar-refractivity contribution in [1.82, 2.24) is 0 Å². The van der Waals surface area contributed by atoms with Crippen LogP contribution in [0, 0.1) is 0 Å². The lowest BCUT2D eigenvalue weighted by atomic mass is 10.0. The molecule has 18 heavy (non-hydrogen) atoms. The van der Waals surface area contributed by atoms with E-state index in [4.69, 9.17) is 14.2 Å². The van der Waals surface area contributed by atoms with Crippen molar-refractivity contribution in [3.05, 3.63) is 23.8 Å². The summed E-state index contributed by atoms with van der Waals surface area (Å²) in [7, 11) is 3.11. The Bertz CT molecular complexity index is 401. The lowest BCUT2D eigenvalue weighted by Crippen LogP contribution is -2.24. The summed E-state index contributed by atoms with van der Waals surface area (Å²) in [5, 5.41) is 0. The largest absolute Gasteiger partial charge is 0.497 e. The van der Waals surface area contributed by atoms with Gasteiger partial charge in [0.15, 0.2) is 5.78 Å². The number of hydrogen-bond acceptors (Lipinski definition) is 4. The van der Waals surface area contributed by atoms with E-state index in [2.05, 4.69) is 0 Å². The second kappa shape index (κ2) is 7.01. The quantitative estimate of drug-likeness (QED) is 0.700. The first-order valence-corrected chi connectivity index (χ1v) is 6.05. The number of Topliss-reactive ketones (excluding diaryl/α,β-unsaturated/α-hetero) is 1. The highest BCUT2D eigenvalue weighted by Gasteiger charge is 2.22. The minimum Gasteiger partial charge on any atom is -0.497 e. The molecule has 100 valence electrons. The van der Waals surface area contributed by atoms with Gasteiger partial charge in [0.25, 0.3) is 0 Å². The van der Waals surface area contributed by atoms with E-state index in [1.165, 1.54) is 7.11 Å². The number of ether oxygens (including phenoxy) is 3. The maximum absolute atomic E-state index is 12.3. The van der Waals surface area contributed by atoms with Gasteiger partial charge in [-0.2, -0.15) is 0 Å². The molecule has 0 spiro atoms. The zero-order chi connectivity index (χ0) is 13.5. The van der Waals surface area contributed by atoms with Crippen LogP contribution in [0.5, 0.6) is 11.5 Å². The first-order valence-electron chi connectivity index (χ1n) is 6.05. The van der Waals surface area contributed by atoms with Crippen LogP contribution in [0.25, 0.3) is 0 Å². The van der Waals surface area contributed by atoms with E-state index >= 15 is 0 Å². The van der Waals surface area contributed by atoms with Crippen LogP contribution < -0.4 is 9.47 Å². The standard InChI is InChI=1S/C14H20O4/c1-5-12(18-6-2)14(15)11-8-7-10(16-3)9-13(11)17-4/h7-9,12H,5-6H2,1-4H3. The third-order valence-corrected chi connectivity index (χ3v) is 2.71. The molecular formula is C14H20O4. The van der Waals surface area contributed by atoms with Crippen molar-refractivity contribution >= 4 is 5.78 Å². The summed E-state index contributed by atoms with van der Waals surface area (Å²) in [6.07, 6.45) is 0.222. The Morgan fingerprint density at radius 2 is 1.94 bits per heavy atom. The maximum Gasteiger partial charge on any atom is 0.195 e. The van der Waals surface area contributed by atoms with Crippen molar-refractivity contribution in [2.75, 3.05) is 20.8 Å². The van der Waals surface area contributed by atoms with E-state index in [9.17, 15) is 4.79 Å². The van der Waals surface area contributed by atoms with Crippen LogP contribution in [-0.2, 0) is 4.74 Å². The van der Waals surface area contributed by atoms with Crippen LogP contribution in [0.1, 0.15) is 30.6 Å². The summed E-state index contributed by atoms with van der Waals surface area (Å²) in [6, 6.07) is 5.15. The molecule has 0 heterocycles. The third-order valence-electron chi connectivity index (χ3n) is 2.71. The Labute approximate surface area is 108 Å². The normalized spacial score (nSPS) is 12.0. The summed E-state index contributed by atoms with van der Waals surface area (Å²) in [4.78, 5) is 12.3. The Kier molecular flexibility index (Phi) is 5.65. The molecule has 0 saturated heterocycles. The molecule has 0 aliphatic rings. The van der Waals surface area contributed by atoms with E-state index in [0.717, 1.165) is 0 Å². The van der Waals surface area contributed by atoms with Gasteiger partial charge in [0.1, 0.15) is 17.6 Å². The molecule has 1 atom stereocenters. The molecule has 0 amide bonds. The average Bonchev–Trinajstić information content (AvgIpc) is 2.43. The predicted octanol–water partition coefficient (Wildman–Crippen LogP) is 2.70. The SMILES string of the molecule is CCOC(CC)C(=O)c1ccc(OC)cc1OC. The summed E-state index contributed by atoms with van der Waals surface area (Å²) in [6.45, 7) is 4.32. The fourth-order valence-electron chi connectivity index (χ4n) is 1.76. The Balaban J connectivity index is 3.03. The average molecular weight is 252 g/mol. The molecule has 0 N–H and O–H groups in total. The van der Waals surface area contributed by atoms with Gasteiger partial charge < -0.3 is 14.2 Å². The lowest BCUT2D eigenvalue weighted by molar-refractivity contribution is 0.0441. The molecule has 0 bridgehead atoms. The minimum atomic E-state index is -0.419. The highest BCUT2D eigenvalue weighted by atomic mass is 16.5. The molecule has 0 saturated carbocycles. The van der Waals surface area contributed by atoms with Crippen molar-refractivity contribution in [1.29, 1.82) is 0 Å². The Morgan fingerprint density at radius 3 is 2.44 bits per heavy atom. The van der Waals surface area contributed by atoms with Crippen LogP contribution in [0.3, 0.4) is 0 Å². The van der Waals surface area contributed by atoms with Gasteiger partial charge in [0.2, 0.25) is 0 Å². The summed E-state index contributed by atoms with van der Waals surface area (Å²) < 4.78 is 15.8. The van der Waals surface area contributed by atoms with Gasteiger partial charge in [-0.1, -0.05) is 6.92 Å². The zero-order valence-electron chi connectivity index (χ0n) is 11.4. The second-order valence-electron chi connectivity index (χ2n) is 3.78. The molecule has 1 unspecified atom stereocenters. The van der Waals surface area contributed by atoms with E-state index in [0.29, 0.717) is 30.1 Å². The smallest absolute Gasteiger partial charge is 0.195 e. The monoisotopic (exact) mass is 252 g/mol. The number of benzene rings is 1. The topological polar surface area (TPSA) is 44.8 Å². The fraction of sp³-hybridized carbons (Fsp3) is 0.500. The van der Waals surface area contributed by atoms with Crippen molar-refractivity contribution in [2.45, 2.75) is 26.4 Å². The number of methoxy groups -OCH3 is 2. The van der Waals surface area contributed by atoms with Crippen molar-refractivity contribution in [3.8, 4) is 11.5 Å². The summed E-state index contributed by atoms with van der Waals surface area (Å²) >= 11 is 0. The molecule has 1 aromatic carbocycles. The number of carbonyl (C=O) groups is 1. The molecule has 4 nitrogen and oxygen atoms in total. The Morgan fingerprint density at radius 1 is 1.22 bits per heavy atom. The number of hydrogen-bond donors (Lipinski definition) is 0. The van der Waals surface area contributed by atoms with Gasteiger partial charge in [-0.25, -0.2) is 0 Å². The van der Waals surface area contributed by atoms with Crippen LogP contribution in [0.4, 0.5) is 0 Å². The number of rotatable bonds is 7. The Hall–Kier alpha value is -1.55. The third kappa shape index (κ3) is 3.23. The number of ketones is 1. The molecule has 0 fully saturated rings. The van der Waals surface area contributed by atoms with Crippen molar-refractivity contribution in [2.24, 2.45) is 0 Å². The van der Waals surface area contributed by atoms with Gasteiger partial charge in [0, 0.05) is 12.7 Å². The highest BCUT2D eigenvalue weighted by molar-refractivity contribution is 6.02. The van der Waals surface area contributed by atoms with Crippen molar-refractivity contribution < 1.29 is 19.0 Å². The molecule has 0 aliphatic heterocycles. The molecule has 4 heteroatoms. The molecule has 1 aromatic rings. The van der Waals surface area contributed by atoms with E-state index in [1.807, 2.05) is 13.8 Å². The van der Waals surface area contributed by atoms with E-state index < -0.39 is 6.10 Å². The van der Waals surface area contributed by atoms with Gasteiger partial charge >= 0.3 is 0 Å². The van der Waals surface area contributed by atoms with Crippen molar-refractivity contribution in [3.63, 3.8) is 0 Å². The maximum atomic E-state index is 12.3. The molecule has 0 aliphatic carbocycles. The molecular weight excluding hydrogens is 232 g/mol. The summed E-state index contributed by atoms with van der Waals surface area (Å²) in [5.41, 5.74) is 0.526. The zero-order valence-corrected chi connectivity index (χ0v) is 11.4. The lowest BCUT2D eigenvalue weighted by Gasteiger charge is -2.16. The van der Waals surface area contributed by atoms with Crippen LogP contribution in [-0.4, -0.2) is 32.7 Å². The van der Waals surface area contributed by atoms with Crippen LogP contribution in [0.2, 0.25) is 0 Å². The molecule has 0 aromatic heterocycles. The first kappa shape index (κ1) is 14.5. The van der Waals surface area contributed by atoms with Crippen LogP contribution >= 0.6 is 0 Å². The van der Waals surface area contributed by atoms with E-state index in [1.54, 1.807) is 25.3 Å². The van der Waals surface area contributed by atoms with Gasteiger partial charge in [0.05, 0.1) is 19.8 Å². The molecule has 1 rings (SSSR count). The van der Waals surface area contributed by atoms with Gasteiger partial charge in [-0.05, 0) is 25.5 Å². The fourth-order valence-corrected chi connectivity index (χ4v) is 1.76. The predicted molar refractivity (Wildman–Crippen MR) is 69.6 cm³/mol. The van der Waals surface area contributed by atoms with E-state index in [-0.39, 0.29) is 5.78 Å².